The lowest BCUT2D eigenvalue weighted by Gasteiger charge is -2.37. The van der Waals surface area contributed by atoms with E-state index in [4.69, 9.17) is 5.14 Å². The molecular formula is C25H27N3O3S. The maximum atomic E-state index is 13.1. The molecule has 6 nitrogen and oxygen atoms in total. The fraction of sp³-hybridized carbons (Fsp3) is 0.280. The molecule has 1 fully saturated rings. The van der Waals surface area contributed by atoms with E-state index in [1.54, 1.807) is 12.3 Å². The van der Waals surface area contributed by atoms with Gasteiger partial charge in [0.05, 0.1) is 0 Å². The van der Waals surface area contributed by atoms with Crippen LogP contribution in [-0.2, 0) is 10.2 Å². The van der Waals surface area contributed by atoms with Crippen LogP contribution < -0.4 is 5.14 Å². The lowest BCUT2D eigenvalue weighted by Crippen LogP contribution is -2.51. The number of nitrogens with two attached hydrogens (primary N) is 1. The average Bonchev–Trinajstić information content (AvgIpc) is 2.71. The van der Waals surface area contributed by atoms with Crippen LogP contribution in [0.2, 0.25) is 0 Å². The Labute approximate surface area is 189 Å². The number of benzene rings is 2. The van der Waals surface area contributed by atoms with Crippen LogP contribution in [0.1, 0.15) is 56.6 Å². The topological polar surface area (TPSA) is 93.4 Å². The summed E-state index contributed by atoms with van der Waals surface area (Å²) >= 11 is 0. The molecule has 1 atom stereocenters. The number of aryl methyl sites for hydroxylation is 2. The molecular weight excluding hydrogens is 422 g/mol. The molecule has 0 bridgehead atoms. The highest BCUT2D eigenvalue weighted by Crippen LogP contribution is 2.34. The van der Waals surface area contributed by atoms with Gasteiger partial charge in [0.25, 0.3) is 10.2 Å². The molecule has 32 heavy (non-hydrogen) atoms. The second-order valence-electron chi connectivity index (χ2n) is 8.45. The molecule has 1 aliphatic heterocycles. The Bertz CT molecular complexity index is 1230. The molecule has 0 radical (unpaired) electrons. The van der Waals surface area contributed by atoms with Crippen LogP contribution in [0.5, 0.6) is 0 Å². The molecule has 2 N–H and O–H groups in total. The summed E-state index contributed by atoms with van der Waals surface area (Å²) in [6.07, 6.45) is 2.03. The number of hydrogen-bond donors (Lipinski definition) is 1. The van der Waals surface area contributed by atoms with Gasteiger partial charge in [-0.05, 0) is 48.2 Å². The van der Waals surface area contributed by atoms with Gasteiger partial charge in [-0.2, -0.15) is 12.7 Å². The van der Waals surface area contributed by atoms with Crippen molar-refractivity contribution >= 4 is 16.0 Å². The first-order valence-electron chi connectivity index (χ1n) is 10.6. The highest BCUT2D eigenvalue weighted by Gasteiger charge is 2.34. The predicted octanol–water partition coefficient (Wildman–Crippen LogP) is 3.71. The van der Waals surface area contributed by atoms with Crippen molar-refractivity contribution in [3.05, 3.63) is 100 Å². The van der Waals surface area contributed by atoms with E-state index in [-0.39, 0.29) is 17.6 Å². The fourth-order valence-corrected chi connectivity index (χ4v) is 5.04. The largest absolute Gasteiger partial charge is 0.294 e. The second kappa shape index (κ2) is 8.94. The lowest BCUT2D eigenvalue weighted by molar-refractivity contribution is 0.0977. The van der Waals surface area contributed by atoms with Gasteiger partial charge in [0.1, 0.15) is 0 Å². The third-order valence-corrected chi connectivity index (χ3v) is 7.21. The highest BCUT2D eigenvalue weighted by atomic mass is 32.2. The summed E-state index contributed by atoms with van der Waals surface area (Å²) < 4.78 is 24.1. The van der Waals surface area contributed by atoms with E-state index in [0.717, 1.165) is 27.9 Å². The van der Waals surface area contributed by atoms with Crippen molar-refractivity contribution in [2.75, 3.05) is 13.1 Å². The fourth-order valence-electron chi connectivity index (χ4n) is 4.26. The predicted molar refractivity (Wildman–Crippen MR) is 125 cm³/mol. The van der Waals surface area contributed by atoms with Crippen molar-refractivity contribution in [3.8, 4) is 0 Å². The average molecular weight is 450 g/mol. The Morgan fingerprint density at radius 3 is 2.41 bits per heavy atom. The van der Waals surface area contributed by atoms with Crippen LogP contribution in [0, 0.1) is 13.8 Å². The van der Waals surface area contributed by atoms with E-state index in [2.05, 4.69) is 36.2 Å². The summed E-state index contributed by atoms with van der Waals surface area (Å²) in [5, 5.41) is 5.19. The minimum Gasteiger partial charge on any atom is -0.294 e. The number of pyridine rings is 1. The van der Waals surface area contributed by atoms with E-state index in [0.29, 0.717) is 25.1 Å². The number of carbonyl (C=O) groups is 1. The molecule has 0 saturated carbocycles. The van der Waals surface area contributed by atoms with Crippen LogP contribution in [0.3, 0.4) is 0 Å². The van der Waals surface area contributed by atoms with Crippen molar-refractivity contribution in [1.82, 2.24) is 9.29 Å². The SMILES string of the molecule is Cc1cc(C(=O)C[C@H](c2ccc(C3CN(S(N)(=O)=O)C3)cc2)c2ccccc2C)ccn1. The number of rotatable bonds is 7. The van der Waals surface area contributed by atoms with Crippen LogP contribution in [0.4, 0.5) is 0 Å². The molecule has 1 saturated heterocycles. The van der Waals surface area contributed by atoms with E-state index in [9.17, 15) is 13.2 Å². The molecule has 2 aromatic carbocycles. The smallest absolute Gasteiger partial charge is 0.276 e. The number of aromatic nitrogens is 1. The molecule has 0 spiro atoms. The van der Waals surface area contributed by atoms with Gasteiger partial charge < -0.3 is 0 Å². The molecule has 0 aliphatic carbocycles. The van der Waals surface area contributed by atoms with Crippen LogP contribution in [-0.4, -0.2) is 36.6 Å². The maximum absolute atomic E-state index is 13.1. The van der Waals surface area contributed by atoms with Crippen molar-refractivity contribution in [3.63, 3.8) is 0 Å². The summed E-state index contributed by atoms with van der Waals surface area (Å²) in [4.78, 5) is 17.3. The molecule has 4 rings (SSSR count). The van der Waals surface area contributed by atoms with Crippen molar-refractivity contribution in [2.45, 2.75) is 32.1 Å². The Morgan fingerprint density at radius 1 is 1.09 bits per heavy atom. The molecule has 1 aliphatic rings. The zero-order chi connectivity index (χ0) is 22.9. The Morgan fingerprint density at radius 2 is 1.78 bits per heavy atom. The summed E-state index contributed by atoms with van der Waals surface area (Å²) in [6, 6.07) is 19.9. The van der Waals surface area contributed by atoms with Crippen molar-refractivity contribution in [2.24, 2.45) is 5.14 Å². The van der Waals surface area contributed by atoms with E-state index in [1.807, 2.05) is 37.3 Å². The molecule has 3 aromatic rings. The first-order valence-corrected chi connectivity index (χ1v) is 12.1. The Hall–Kier alpha value is -2.87. The third-order valence-electron chi connectivity index (χ3n) is 6.19. The van der Waals surface area contributed by atoms with Crippen molar-refractivity contribution < 1.29 is 13.2 Å². The monoisotopic (exact) mass is 449 g/mol. The summed E-state index contributed by atoms with van der Waals surface area (Å²) in [5.74, 6) is 0.143. The number of hydrogen-bond acceptors (Lipinski definition) is 4. The van der Waals surface area contributed by atoms with Crippen LogP contribution >= 0.6 is 0 Å². The quantitative estimate of drug-likeness (QED) is 0.557. The second-order valence-corrected chi connectivity index (χ2v) is 9.99. The molecule has 2 heterocycles. The normalized spacial score (nSPS) is 15.8. The minimum absolute atomic E-state index is 0.0754. The summed E-state index contributed by atoms with van der Waals surface area (Å²) in [7, 11) is -3.62. The number of Topliss-reactive ketones (excluding diaryl/α,β-unsaturated/α-hetero) is 1. The minimum atomic E-state index is -3.62. The van der Waals surface area contributed by atoms with Gasteiger partial charge in [-0.3, -0.25) is 9.78 Å². The molecule has 1 aromatic heterocycles. The highest BCUT2D eigenvalue weighted by molar-refractivity contribution is 7.86. The van der Waals surface area contributed by atoms with Crippen LogP contribution in [0.25, 0.3) is 0 Å². The van der Waals surface area contributed by atoms with Gasteiger partial charge in [0.2, 0.25) is 0 Å². The van der Waals surface area contributed by atoms with Gasteiger partial charge in [0.15, 0.2) is 5.78 Å². The number of carbonyl (C=O) groups excluding carboxylic acids is 1. The van der Waals surface area contributed by atoms with Gasteiger partial charge in [-0.1, -0.05) is 48.5 Å². The zero-order valence-electron chi connectivity index (χ0n) is 18.2. The molecule has 0 unspecified atom stereocenters. The molecule has 0 amide bonds. The number of ketones is 1. The third kappa shape index (κ3) is 4.80. The lowest BCUT2D eigenvalue weighted by atomic mass is 9.82. The first-order chi connectivity index (χ1) is 15.2. The van der Waals surface area contributed by atoms with Gasteiger partial charge in [0, 0.05) is 48.8 Å². The Balaban J connectivity index is 1.59. The van der Waals surface area contributed by atoms with Gasteiger partial charge in [-0.15, -0.1) is 0 Å². The van der Waals surface area contributed by atoms with Gasteiger partial charge >= 0.3 is 0 Å². The van der Waals surface area contributed by atoms with E-state index < -0.39 is 10.2 Å². The van der Waals surface area contributed by atoms with E-state index in [1.165, 1.54) is 4.31 Å². The molecule has 166 valence electrons. The van der Waals surface area contributed by atoms with E-state index >= 15 is 0 Å². The summed E-state index contributed by atoms with van der Waals surface area (Å²) in [6.45, 7) is 4.75. The number of nitrogens with zero attached hydrogens (tertiary/aromatic N) is 2. The van der Waals surface area contributed by atoms with Crippen LogP contribution in [0.15, 0.2) is 66.9 Å². The molecule has 7 heteroatoms. The maximum Gasteiger partial charge on any atom is 0.276 e. The zero-order valence-corrected chi connectivity index (χ0v) is 19.0. The summed E-state index contributed by atoms with van der Waals surface area (Å²) in [5.41, 5.74) is 5.90. The Kier molecular flexibility index (Phi) is 6.24. The standard InChI is InChI=1S/C25H27N3O3S/c1-17-5-3-4-6-23(17)24(14-25(29)21-11-12-27-18(2)13-21)20-9-7-19(8-10-20)22-15-28(16-22)32(26,30)31/h3-13,22,24H,14-16H2,1-2H3,(H2,26,30,31)/t24-/m1/s1. The van der Waals surface area contributed by atoms with Crippen molar-refractivity contribution in [1.29, 1.82) is 0 Å². The van der Waals surface area contributed by atoms with Gasteiger partial charge in [-0.25, -0.2) is 5.14 Å². The first kappa shape index (κ1) is 22.3.